The van der Waals surface area contributed by atoms with Gasteiger partial charge in [0.1, 0.15) is 5.69 Å². The van der Waals surface area contributed by atoms with Gasteiger partial charge in [0.15, 0.2) is 5.82 Å². The van der Waals surface area contributed by atoms with Crippen LogP contribution in [0.15, 0.2) is 10.9 Å². The second-order valence-corrected chi connectivity index (χ2v) is 6.17. The quantitative estimate of drug-likeness (QED) is 0.820. The molecule has 2 aromatic heterocycles. The van der Waals surface area contributed by atoms with Crippen molar-refractivity contribution in [3.8, 4) is 0 Å². The zero-order chi connectivity index (χ0) is 17.1. The first kappa shape index (κ1) is 16.6. The van der Waals surface area contributed by atoms with Gasteiger partial charge < -0.3 is 18.7 Å². The number of hydrogen-bond acceptors (Lipinski definition) is 6. The van der Waals surface area contributed by atoms with Crippen molar-refractivity contribution < 1.29 is 14.1 Å². The lowest BCUT2D eigenvalue weighted by Crippen LogP contribution is -2.40. The summed E-state index contributed by atoms with van der Waals surface area (Å²) in [6.07, 6.45) is 4.16. The molecule has 8 nitrogen and oxygen atoms in total. The molecule has 1 fully saturated rings. The van der Waals surface area contributed by atoms with E-state index in [9.17, 15) is 4.79 Å². The number of nitrogens with zero attached hydrogens (tertiary/aromatic N) is 5. The second-order valence-electron chi connectivity index (χ2n) is 6.17. The Bertz CT molecular complexity index is 689. The summed E-state index contributed by atoms with van der Waals surface area (Å²) in [5.74, 6) is 1.36. The van der Waals surface area contributed by atoms with Gasteiger partial charge in [-0.25, -0.2) is 4.98 Å². The molecular formula is C16H23N5O3. The third-order valence-electron chi connectivity index (χ3n) is 4.39. The number of carbonyl (C=O) groups excluding carboxylic acids is 1. The second kappa shape index (κ2) is 7.12. The molecule has 0 saturated carbocycles. The van der Waals surface area contributed by atoms with Crippen LogP contribution in [0, 0.1) is 6.92 Å². The number of amides is 1. The number of ether oxygens (including phenoxy) is 1. The van der Waals surface area contributed by atoms with E-state index in [1.165, 1.54) is 0 Å². The van der Waals surface area contributed by atoms with Crippen LogP contribution in [0.5, 0.6) is 0 Å². The Balaban J connectivity index is 1.70. The fourth-order valence-electron chi connectivity index (χ4n) is 3.09. The first-order chi connectivity index (χ1) is 11.6. The lowest BCUT2D eigenvalue weighted by atomic mass is 9.97. The predicted octanol–water partition coefficient (Wildman–Crippen LogP) is 1.32. The topological polar surface area (TPSA) is 86.3 Å². The average molecular weight is 333 g/mol. The summed E-state index contributed by atoms with van der Waals surface area (Å²) >= 11 is 0. The highest BCUT2D eigenvalue weighted by Crippen LogP contribution is 2.27. The first-order valence-electron chi connectivity index (χ1n) is 8.18. The van der Waals surface area contributed by atoms with Crippen LogP contribution in [0.25, 0.3) is 0 Å². The van der Waals surface area contributed by atoms with Crippen LogP contribution in [-0.2, 0) is 18.2 Å². The molecule has 8 heteroatoms. The van der Waals surface area contributed by atoms with E-state index in [1.807, 2.05) is 18.9 Å². The molecular weight excluding hydrogens is 310 g/mol. The summed E-state index contributed by atoms with van der Waals surface area (Å²) < 4.78 is 12.2. The van der Waals surface area contributed by atoms with E-state index in [0.29, 0.717) is 37.0 Å². The first-order valence-corrected chi connectivity index (χ1v) is 8.18. The van der Waals surface area contributed by atoms with Crippen LogP contribution < -0.4 is 0 Å². The highest BCUT2D eigenvalue weighted by Gasteiger charge is 2.30. The minimum absolute atomic E-state index is 0.0105. The number of aromatic nitrogens is 4. The largest absolute Gasteiger partial charge is 0.384 e. The van der Waals surface area contributed by atoms with E-state index >= 15 is 0 Å². The van der Waals surface area contributed by atoms with Crippen LogP contribution in [-0.4, -0.2) is 57.3 Å². The van der Waals surface area contributed by atoms with Crippen molar-refractivity contribution in [2.45, 2.75) is 32.1 Å². The Morgan fingerprint density at radius 1 is 1.50 bits per heavy atom. The fraction of sp³-hybridized carbons (Fsp3) is 0.625. The Morgan fingerprint density at radius 2 is 2.33 bits per heavy atom. The van der Waals surface area contributed by atoms with Crippen LogP contribution in [0.4, 0.5) is 0 Å². The molecule has 24 heavy (non-hydrogen) atoms. The van der Waals surface area contributed by atoms with Gasteiger partial charge in [-0.3, -0.25) is 4.79 Å². The van der Waals surface area contributed by atoms with Crippen molar-refractivity contribution in [2.24, 2.45) is 7.05 Å². The molecule has 1 aliphatic heterocycles. The standard InChI is InChI=1S/C16H23N5O3/c1-11-14(20(2)10-17-11)16(22)21-7-4-5-12(9-21)15-18-13(19-24-15)6-8-23-3/h10,12H,4-9H2,1-3H3. The van der Waals surface area contributed by atoms with Crippen molar-refractivity contribution in [1.29, 1.82) is 0 Å². The van der Waals surface area contributed by atoms with Crippen molar-refractivity contribution in [1.82, 2.24) is 24.6 Å². The molecule has 0 aromatic carbocycles. The zero-order valence-corrected chi connectivity index (χ0v) is 14.4. The molecule has 1 atom stereocenters. The molecule has 1 saturated heterocycles. The van der Waals surface area contributed by atoms with Gasteiger partial charge >= 0.3 is 0 Å². The number of aryl methyl sites for hydroxylation is 2. The number of likely N-dealkylation sites (tertiary alicyclic amines) is 1. The third kappa shape index (κ3) is 3.33. The maximum atomic E-state index is 12.8. The Hall–Kier alpha value is -2.22. The molecule has 3 rings (SSSR count). The van der Waals surface area contributed by atoms with Crippen LogP contribution in [0.3, 0.4) is 0 Å². The minimum Gasteiger partial charge on any atom is -0.384 e. The predicted molar refractivity (Wildman–Crippen MR) is 85.7 cm³/mol. The van der Waals surface area contributed by atoms with E-state index in [2.05, 4.69) is 15.1 Å². The normalized spacial score (nSPS) is 18.1. The monoisotopic (exact) mass is 333 g/mol. The molecule has 3 heterocycles. The summed E-state index contributed by atoms with van der Waals surface area (Å²) in [7, 11) is 3.49. The summed E-state index contributed by atoms with van der Waals surface area (Å²) in [4.78, 5) is 23.3. The molecule has 0 spiro atoms. The highest BCUT2D eigenvalue weighted by atomic mass is 16.5. The summed E-state index contributed by atoms with van der Waals surface area (Å²) in [5, 5.41) is 3.99. The van der Waals surface area contributed by atoms with Gasteiger partial charge in [0.2, 0.25) is 5.89 Å². The summed E-state index contributed by atoms with van der Waals surface area (Å²) in [6, 6.07) is 0. The molecule has 2 aromatic rings. The highest BCUT2D eigenvalue weighted by molar-refractivity contribution is 5.93. The van der Waals surface area contributed by atoms with Gasteiger partial charge in [0.05, 0.1) is 24.5 Å². The van der Waals surface area contributed by atoms with E-state index < -0.39 is 0 Å². The van der Waals surface area contributed by atoms with E-state index in [1.54, 1.807) is 18.0 Å². The van der Waals surface area contributed by atoms with Crippen molar-refractivity contribution in [3.05, 3.63) is 29.4 Å². The van der Waals surface area contributed by atoms with Crippen molar-refractivity contribution in [3.63, 3.8) is 0 Å². The van der Waals surface area contributed by atoms with E-state index in [-0.39, 0.29) is 11.8 Å². The Morgan fingerprint density at radius 3 is 3.04 bits per heavy atom. The van der Waals surface area contributed by atoms with Gasteiger partial charge in [-0.15, -0.1) is 0 Å². The van der Waals surface area contributed by atoms with Crippen LogP contribution in [0.1, 0.15) is 46.7 Å². The molecule has 0 bridgehead atoms. The van der Waals surface area contributed by atoms with Crippen LogP contribution in [0.2, 0.25) is 0 Å². The number of carbonyl (C=O) groups is 1. The number of hydrogen-bond donors (Lipinski definition) is 0. The molecule has 0 radical (unpaired) electrons. The zero-order valence-electron chi connectivity index (χ0n) is 14.4. The number of rotatable bonds is 5. The lowest BCUT2D eigenvalue weighted by molar-refractivity contribution is 0.0685. The SMILES string of the molecule is COCCc1noc(C2CCCN(C(=O)c3c(C)ncn3C)C2)n1. The van der Waals surface area contributed by atoms with Gasteiger partial charge in [0, 0.05) is 33.7 Å². The van der Waals surface area contributed by atoms with Crippen LogP contribution >= 0.6 is 0 Å². The molecule has 130 valence electrons. The summed E-state index contributed by atoms with van der Waals surface area (Å²) in [6.45, 7) is 3.75. The smallest absolute Gasteiger partial charge is 0.272 e. The molecule has 0 N–H and O–H groups in total. The molecule has 1 aliphatic rings. The number of methoxy groups -OCH3 is 1. The number of imidazole rings is 1. The maximum Gasteiger partial charge on any atom is 0.272 e. The molecule has 0 aliphatic carbocycles. The van der Waals surface area contributed by atoms with Gasteiger partial charge in [-0.2, -0.15) is 4.98 Å². The van der Waals surface area contributed by atoms with Crippen molar-refractivity contribution in [2.75, 3.05) is 26.8 Å². The van der Waals surface area contributed by atoms with E-state index in [4.69, 9.17) is 9.26 Å². The fourth-order valence-corrected chi connectivity index (χ4v) is 3.09. The summed E-state index contributed by atoms with van der Waals surface area (Å²) in [5.41, 5.74) is 1.39. The van der Waals surface area contributed by atoms with Gasteiger partial charge in [-0.05, 0) is 19.8 Å². The average Bonchev–Trinajstić information content (AvgIpc) is 3.19. The van der Waals surface area contributed by atoms with E-state index in [0.717, 1.165) is 25.1 Å². The van der Waals surface area contributed by atoms with Gasteiger partial charge in [0.25, 0.3) is 5.91 Å². The molecule has 1 unspecified atom stereocenters. The molecule has 1 amide bonds. The maximum absolute atomic E-state index is 12.8. The van der Waals surface area contributed by atoms with Crippen molar-refractivity contribution >= 4 is 5.91 Å². The Labute approximate surface area is 140 Å². The Kier molecular flexibility index (Phi) is 4.94. The third-order valence-corrected chi connectivity index (χ3v) is 4.39. The number of piperidine rings is 1. The minimum atomic E-state index is 0.0105. The van der Waals surface area contributed by atoms with Gasteiger partial charge in [-0.1, -0.05) is 5.16 Å². The lowest BCUT2D eigenvalue weighted by Gasteiger charge is -2.31.